The molecule has 0 atom stereocenters. The lowest BCUT2D eigenvalue weighted by molar-refractivity contribution is 0.00578. The standard InChI is InChI=1S/C19H23BN4O2S/c1-18(2)19(3,4)26-20(25-18)15(12-27)9-13-5-7-16(8-6-13)24-17(22)14(10-21)11-23-24/h5-9,11,27H,12,22H2,1-4H3. The van der Waals surface area contributed by atoms with Crippen molar-refractivity contribution in [3.05, 3.63) is 47.1 Å². The first-order valence-electron chi connectivity index (χ1n) is 8.69. The zero-order valence-electron chi connectivity index (χ0n) is 15.9. The van der Waals surface area contributed by atoms with E-state index in [1.807, 2.05) is 64.1 Å². The Kier molecular flexibility index (Phi) is 5.13. The summed E-state index contributed by atoms with van der Waals surface area (Å²) in [4.78, 5) is 0. The van der Waals surface area contributed by atoms with Crippen LogP contribution in [-0.2, 0) is 9.31 Å². The number of hydrogen-bond donors (Lipinski definition) is 2. The van der Waals surface area contributed by atoms with E-state index in [1.165, 1.54) is 6.20 Å². The first-order valence-corrected chi connectivity index (χ1v) is 9.33. The molecule has 2 N–H and O–H groups in total. The smallest absolute Gasteiger partial charge is 0.400 e. The molecule has 1 saturated heterocycles. The molecule has 27 heavy (non-hydrogen) atoms. The van der Waals surface area contributed by atoms with Crippen LogP contribution in [0.4, 0.5) is 5.82 Å². The summed E-state index contributed by atoms with van der Waals surface area (Å²) in [6.07, 6.45) is 3.48. The second kappa shape index (κ2) is 7.08. The van der Waals surface area contributed by atoms with Gasteiger partial charge in [0, 0.05) is 5.75 Å². The average Bonchev–Trinajstić information content (AvgIpc) is 3.09. The summed E-state index contributed by atoms with van der Waals surface area (Å²) in [5, 5.41) is 13.2. The van der Waals surface area contributed by atoms with Crippen molar-refractivity contribution in [1.82, 2.24) is 9.78 Å². The minimum Gasteiger partial charge on any atom is -0.400 e. The highest BCUT2D eigenvalue weighted by Gasteiger charge is 2.52. The highest BCUT2D eigenvalue weighted by molar-refractivity contribution is 7.80. The molecule has 1 aliphatic heterocycles. The molecular formula is C19H23BN4O2S. The van der Waals surface area contributed by atoms with Crippen LogP contribution in [-0.4, -0.2) is 33.9 Å². The molecule has 8 heteroatoms. The van der Waals surface area contributed by atoms with E-state index in [9.17, 15) is 0 Å². The Labute approximate surface area is 165 Å². The minimum atomic E-state index is -0.424. The highest BCUT2D eigenvalue weighted by atomic mass is 32.1. The molecule has 3 rings (SSSR count). The van der Waals surface area contributed by atoms with Crippen molar-refractivity contribution in [2.75, 3.05) is 11.5 Å². The number of nitrogens with zero attached hydrogens (tertiary/aromatic N) is 3. The van der Waals surface area contributed by atoms with Crippen molar-refractivity contribution in [2.24, 2.45) is 0 Å². The van der Waals surface area contributed by atoms with Gasteiger partial charge in [-0.05, 0) is 50.9 Å². The number of hydrogen-bond acceptors (Lipinski definition) is 6. The minimum absolute atomic E-state index is 0.328. The zero-order chi connectivity index (χ0) is 19.8. The average molecular weight is 382 g/mol. The first kappa shape index (κ1) is 19.6. The number of rotatable bonds is 4. The predicted molar refractivity (Wildman–Crippen MR) is 111 cm³/mol. The van der Waals surface area contributed by atoms with E-state index < -0.39 is 7.12 Å². The fourth-order valence-electron chi connectivity index (χ4n) is 2.76. The Bertz CT molecular complexity index is 897. The van der Waals surface area contributed by atoms with Crippen LogP contribution in [0.2, 0.25) is 0 Å². The first-order chi connectivity index (χ1) is 12.7. The molecule has 6 nitrogen and oxygen atoms in total. The maximum absolute atomic E-state index is 9.00. The van der Waals surface area contributed by atoms with E-state index >= 15 is 0 Å². The number of aromatic nitrogens is 2. The van der Waals surface area contributed by atoms with Crippen molar-refractivity contribution in [1.29, 1.82) is 5.26 Å². The highest BCUT2D eigenvalue weighted by Crippen LogP contribution is 2.39. The molecule has 1 aromatic carbocycles. The molecule has 0 saturated carbocycles. The van der Waals surface area contributed by atoms with Crippen molar-refractivity contribution in [3.8, 4) is 11.8 Å². The van der Waals surface area contributed by atoms with Gasteiger partial charge in [-0.1, -0.05) is 18.2 Å². The molecular weight excluding hydrogens is 359 g/mol. The Hall–Kier alpha value is -2.21. The summed E-state index contributed by atoms with van der Waals surface area (Å²) in [6.45, 7) is 8.12. The third-order valence-corrected chi connectivity index (χ3v) is 5.52. The van der Waals surface area contributed by atoms with Gasteiger partial charge in [-0.2, -0.15) is 23.0 Å². The van der Waals surface area contributed by atoms with Crippen molar-refractivity contribution < 1.29 is 9.31 Å². The molecule has 0 amide bonds. The summed E-state index contributed by atoms with van der Waals surface area (Å²) < 4.78 is 13.8. The normalized spacial score (nSPS) is 18.5. The lowest BCUT2D eigenvalue weighted by Gasteiger charge is -2.32. The third-order valence-electron chi connectivity index (χ3n) is 5.16. The van der Waals surface area contributed by atoms with Gasteiger partial charge in [0.15, 0.2) is 0 Å². The van der Waals surface area contributed by atoms with Crippen LogP contribution in [0.15, 0.2) is 35.9 Å². The van der Waals surface area contributed by atoms with Gasteiger partial charge in [0.05, 0.1) is 23.1 Å². The summed E-state index contributed by atoms with van der Waals surface area (Å²) >= 11 is 4.45. The number of anilines is 1. The summed E-state index contributed by atoms with van der Waals surface area (Å²) in [5.41, 5.74) is 8.25. The van der Waals surface area contributed by atoms with Crippen LogP contribution in [0, 0.1) is 11.3 Å². The van der Waals surface area contributed by atoms with Gasteiger partial charge in [-0.3, -0.25) is 0 Å². The van der Waals surface area contributed by atoms with Gasteiger partial charge in [0.2, 0.25) is 0 Å². The molecule has 2 heterocycles. The number of nitrogen functional groups attached to an aromatic ring is 1. The molecule has 1 aromatic heterocycles. The van der Waals surface area contributed by atoms with Crippen LogP contribution in [0.5, 0.6) is 0 Å². The number of benzene rings is 1. The Morgan fingerprint density at radius 2 is 1.85 bits per heavy atom. The van der Waals surface area contributed by atoms with Crippen LogP contribution >= 0.6 is 12.6 Å². The molecule has 0 unspecified atom stereocenters. The van der Waals surface area contributed by atoms with Crippen LogP contribution < -0.4 is 5.73 Å². The van der Waals surface area contributed by atoms with Gasteiger partial charge in [0.1, 0.15) is 17.5 Å². The fraction of sp³-hybridized carbons (Fsp3) is 0.368. The van der Waals surface area contributed by atoms with E-state index in [4.69, 9.17) is 20.3 Å². The maximum atomic E-state index is 9.00. The second-order valence-corrected chi connectivity index (χ2v) is 7.84. The molecule has 0 aliphatic carbocycles. The topological polar surface area (TPSA) is 86.1 Å². The van der Waals surface area contributed by atoms with E-state index in [0.29, 0.717) is 17.1 Å². The van der Waals surface area contributed by atoms with E-state index in [2.05, 4.69) is 17.7 Å². The molecule has 140 valence electrons. The second-order valence-electron chi connectivity index (χ2n) is 7.52. The quantitative estimate of drug-likeness (QED) is 0.626. The van der Waals surface area contributed by atoms with Gasteiger partial charge >= 0.3 is 7.12 Å². The predicted octanol–water partition coefficient (Wildman–Crippen LogP) is 3.27. The third kappa shape index (κ3) is 3.63. The molecule has 0 radical (unpaired) electrons. The van der Waals surface area contributed by atoms with Gasteiger partial charge < -0.3 is 15.0 Å². The van der Waals surface area contributed by atoms with Crippen molar-refractivity contribution in [2.45, 2.75) is 38.9 Å². The Morgan fingerprint density at radius 3 is 2.33 bits per heavy atom. The van der Waals surface area contributed by atoms with Crippen LogP contribution in [0.3, 0.4) is 0 Å². The van der Waals surface area contributed by atoms with Crippen LogP contribution in [0.25, 0.3) is 11.8 Å². The maximum Gasteiger partial charge on any atom is 0.491 e. The SMILES string of the molecule is CC1(C)OB(C(=Cc2ccc(-n3ncc(C#N)c3N)cc2)CS)OC1(C)C. The van der Waals surface area contributed by atoms with Gasteiger partial charge in [-0.25, -0.2) is 4.68 Å². The molecule has 0 bridgehead atoms. The monoisotopic (exact) mass is 382 g/mol. The number of nitrogens with two attached hydrogens (primary N) is 1. The van der Waals surface area contributed by atoms with Crippen molar-refractivity contribution in [3.63, 3.8) is 0 Å². The van der Waals surface area contributed by atoms with Gasteiger partial charge in [-0.15, -0.1) is 0 Å². The van der Waals surface area contributed by atoms with Gasteiger partial charge in [0.25, 0.3) is 0 Å². The number of nitriles is 1. The number of thiol groups is 1. The largest absolute Gasteiger partial charge is 0.491 e. The van der Waals surface area contributed by atoms with E-state index in [1.54, 1.807) is 4.68 Å². The fourth-order valence-corrected chi connectivity index (χ4v) is 3.00. The summed E-state index contributed by atoms with van der Waals surface area (Å²) in [7, 11) is -0.424. The van der Waals surface area contributed by atoms with E-state index in [-0.39, 0.29) is 11.2 Å². The molecule has 1 fully saturated rings. The lowest BCUT2D eigenvalue weighted by Crippen LogP contribution is -2.41. The van der Waals surface area contributed by atoms with E-state index in [0.717, 1.165) is 16.7 Å². The summed E-state index contributed by atoms with van der Waals surface area (Å²) in [6, 6.07) is 9.73. The lowest BCUT2D eigenvalue weighted by atomic mass is 9.78. The van der Waals surface area contributed by atoms with Crippen molar-refractivity contribution >= 4 is 31.6 Å². The summed E-state index contributed by atoms with van der Waals surface area (Å²) in [5.74, 6) is 0.852. The molecule has 2 aromatic rings. The van der Waals surface area contributed by atoms with Crippen LogP contribution in [0.1, 0.15) is 38.8 Å². The molecule has 1 aliphatic rings. The molecule has 0 spiro atoms. The zero-order valence-corrected chi connectivity index (χ0v) is 16.8. The Balaban J connectivity index is 1.84. The Morgan fingerprint density at radius 1 is 1.26 bits per heavy atom.